The van der Waals surface area contributed by atoms with E-state index in [0.29, 0.717) is 12.5 Å². The molecule has 0 aromatic carbocycles. The van der Waals surface area contributed by atoms with Gasteiger partial charge in [0.2, 0.25) is 0 Å². The van der Waals surface area contributed by atoms with Crippen LogP contribution in [0.15, 0.2) is 22.8 Å². The molecule has 0 aliphatic heterocycles. The minimum Gasteiger partial charge on any atom is -0.469 e. The molecule has 0 unspecified atom stereocenters. The van der Waals surface area contributed by atoms with Gasteiger partial charge in [-0.25, -0.2) is 0 Å². The first-order valence-corrected chi connectivity index (χ1v) is 5.01. The first-order chi connectivity index (χ1) is 6.81. The van der Waals surface area contributed by atoms with Gasteiger partial charge in [-0.3, -0.25) is 4.79 Å². The van der Waals surface area contributed by atoms with Gasteiger partial charge >= 0.3 is 5.97 Å². The summed E-state index contributed by atoms with van der Waals surface area (Å²) in [6.07, 6.45) is 3.41. The molecule has 0 radical (unpaired) electrons. The normalized spacial score (nSPS) is 25.5. The lowest BCUT2D eigenvalue weighted by molar-refractivity contribution is -0.151. The van der Waals surface area contributed by atoms with E-state index in [9.17, 15) is 4.79 Å². The lowest BCUT2D eigenvalue weighted by Gasteiger charge is -2.31. The van der Waals surface area contributed by atoms with Crippen LogP contribution in [0.4, 0.5) is 0 Å². The second-order valence-corrected chi connectivity index (χ2v) is 3.63. The van der Waals surface area contributed by atoms with Crippen LogP contribution >= 0.6 is 0 Å². The molecule has 0 amide bonds. The fourth-order valence-electron chi connectivity index (χ4n) is 1.83. The average molecular weight is 194 g/mol. The first kappa shape index (κ1) is 9.31. The van der Waals surface area contributed by atoms with Crippen LogP contribution in [0.2, 0.25) is 0 Å². The third-order valence-electron chi connectivity index (χ3n) is 2.70. The summed E-state index contributed by atoms with van der Waals surface area (Å²) in [6, 6.07) is 3.85. The number of rotatable bonds is 3. The monoisotopic (exact) mass is 194 g/mol. The Bertz CT molecular complexity index is 296. The predicted molar refractivity (Wildman–Crippen MR) is 50.8 cm³/mol. The van der Waals surface area contributed by atoms with Crippen molar-refractivity contribution in [3.05, 3.63) is 24.2 Å². The molecule has 3 nitrogen and oxygen atoms in total. The summed E-state index contributed by atoms with van der Waals surface area (Å²) in [6.45, 7) is 2.31. The van der Waals surface area contributed by atoms with E-state index in [0.717, 1.165) is 18.6 Å². The van der Waals surface area contributed by atoms with Gasteiger partial charge < -0.3 is 9.15 Å². The fourth-order valence-corrected chi connectivity index (χ4v) is 1.83. The Hall–Kier alpha value is -1.25. The van der Waals surface area contributed by atoms with Crippen molar-refractivity contribution in [2.45, 2.75) is 25.7 Å². The molecule has 1 aliphatic rings. The van der Waals surface area contributed by atoms with Crippen LogP contribution in [-0.2, 0) is 9.53 Å². The van der Waals surface area contributed by atoms with Gasteiger partial charge in [-0.05, 0) is 31.9 Å². The number of ether oxygens (including phenoxy) is 1. The van der Waals surface area contributed by atoms with Crippen molar-refractivity contribution in [3.63, 3.8) is 0 Å². The van der Waals surface area contributed by atoms with Crippen LogP contribution < -0.4 is 0 Å². The molecule has 1 heterocycles. The maximum atomic E-state index is 11.3. The summed E-state index contributed by atoms with van der Waals surface area (Å²) in [5, 5.41) is 0. The molecule has 14 heavy (non-hydrogen) atoms. The van der Waals surface area contributed by atoms with Crippen LogP contribution in [0.1, 0.15) is 31.4 Å². The molecule has 0 saturated heterocycles. The molecular formula is C11H14O3. The molecule has 0 atom stereocenters. The molecule has 1 saturated carbocycles. The van der Waals surface area contributed by atoms with Crippen LogP contribution in [0.25, 0.3) is 0 Å². The summed E-state index contributed by atoms with van der Waals surface area (Å²) in [7, 11) is 0. The van der Waals surface area contributed by atoms with Gasteiger partial charge in [0.05, 0.1) is 18.8 Å². The molecule has 0 bridgehead atoms. The lowest BCUT2D eigenvalue weighted by atomic mass is 9.74. The first-order valence-electron chi connectivity index (χ1n) is 5.01. The standard InChI is InChI=1S/C11H14O3/c1-2-13-11(12)9-6-8(7-9)10-4-3-5-14-10/h3-5,8-9H,2,6-7H2,1H3. The van der Waals surface area contributed by atoms with Gasteiger partial charge in [-0.1, -0.05) is 0 Å². The van der Waals surface area contributed by atoms with Gasteiger partial charge in [-0.15, -0.1) is 0 Å². The van der Waals surface area contributed by atoms with E-state index in [2.05, 4.69) is 0 Å². The summed E-state index contributed by atoms with van der Waals surface area (Å²) < 4.78 is 10.2. The molecule has 1 fully saturated rings. The smallest absolute Gasteiger partial charge is 0.308 e. The molecule has 1 aliphatic carbocycles. The zero-order chi connectivity index (χ0) is 9.97. The lowest BCUT2D eigenvalue weighted by Crippen LogP contribution is -2.30. The zero-order valence-electron chi connectivity index (χ0n) is 8.23. The molecule has 2 rings (SSSR count). The SMILES string of the molecule is CCOC(=O)C1CC(c2ccco2)C1. The second kappa shape index (κ2) is 3.86. The predicted octanol–water partition coefficient (Wildman–Crippen LogP) is 2.34. The Kier molecular flexibility index (Phi) is 2.57. The van der Waals surface area contributed by atoms with Gasteiger partial charge in [0.15, 0.2) is 0 Å². The Morgan fingerprint density at radius 2 is 2.43 bits per heavy atom. The van der Waals surface area contributed by atoms with Crippen LogP contribution in [-0.4, -0.2) is 12.6 Å². The summed E-state index contributed by atoms with van der Waals surface area (Å²) >= 11 is 0. The van der Waals surface area contributed by atoms with Crippen molar-refractivity contribution < 1.29 is 13.9 Å². The van der Waals surface area contributed by atoms with Gasteiger partial charge in [0.1, 0.15) is 5.76 Å². The average Bonchev–Trinajstić information content (AvgIpc) is 2.54. The molecule has 1 aromatic heterocycles. The summed E-state index contributed by atoms with van der Waals surface area (Å²) in [4.78, 5) is 11.3. The molecule has 0 N–H and O–H groups in total. The van der Waals surface area contributed by atoms with Crippen molar-refractivity contribution >= 4 is 5.97 Å². The van der Waals surface area contributed by atoms with Gasteiger partial charge in [0, 0.05) is 5.92 Å². The van der Waals surface area contributed by atoms with E-state index in [4.69, 9.17) is 9.15 Å². The quantitative estimate of drug-likeness (QED) is 0.693. The highest BCUT2D eigenvalue weighted by Gasteiger charge is 2.37. The minimum atomic E-state index is -0.0599. The summed E-state index contributed by atoms with van der Waals surface area (Å²) in [5.74, 6) is 1.44. The Balaban J connectivity index is 1.82. The molecule has 76 valence electrons. The van der Waals surface area contributed by atoms with Crippen molar-refractivity contribution in [1.29, 1.82) is 0 Å². The maximum Gasteiger partial charge on any atom is 0.308 e. The van der Waals surface area contributed by atoms with Crippen LogP contribution in [0, 0.1) is 5.92 Å². The number of carbonyl (C=O) groups is 1. The summed E-state index contributed by atoms with van der Waals surface area (Å²) in [5.41, 5.74) is 0. The van der Waals surface area contributed by atoms with Crippen molar-refractivity contribution in [1.82, 2.24) is 0 Å². The highest BCUT2D eigenvalue weighted by molar-refractivity contribution is 5.73. The van der Waals surface area contributed by atoms with E-state index in [1.165, 1.54) is 0 Å². The van der Waals surface area contributed by atoms with Gasteiger partial charge in [0.25, 0.3) is 0 Å². The highest BCUT2D eigenvalue weighted by Crippen LogP contribution is 2.42. The molecule has 0 spiro atoms. The third kappa shape index (κ3) is 1.67. The van der Waals surface area contributed by atoms with E-state index in [1.807, 2.05) is 19.1 Å². The third-order valence-corrected chi connectivity index (χ3v) is 2.70. The van der Waals surface area contributed by atoms with Crippen molar-refractivity contribution in [2.75, 3.05) is 6.61 Å². The topological polar surface area (TPSA) is 39.4 Å². The van der Waals surface area contributed by atoms with E-state index in [-0.39, 0.29) is 11.9 Å². The fraction of sp³-hybridized carbons (Fsp3) is 0.545. The van der Waals surface area contributed by atoms with Crippen LogP contribution in [0.5, 0.6) is 0 Å². The number of carbonyl (C=O) groups excluding carboxylic acids is 1. The minimum absolute atomic E-state index is 0.0599. The Morgan fingerprint density at radius 1 is 1.64 bits per heavy atom. The highest BCUT2D eigenvalue weighted by atomic mass is 16.5. The number of furan rings is 1. The largest absolute Gasteiger partial charge is 0.469 e. The Morgan fingerprint density at radius 3 is 3.00 bits per heavy atom. The van der Waals surface area contributed by atoms with Crippen molar-refractivity contribution in [2.24, 2.45) is 5.92 Å². The molecule has 3 heteroatoms. The maximum absolute atomic E-state index is 11.3. The number of hydrogen-bond donors (Lipinski definition) is 0. The number of esters is 1. The van der Waals surface area contributed by atoms with Crippen molar-refractivity contribution in [3.8, 4) is 0 Å². The number of hydrogen-bond acceptors (Lipinski definition) is 3. The van der Waals surface area contributed by atoms with E-state index >= 15 is 0 Å². The molecule has 1 aromatic rings. The van der Waals surface area contributed by atoms with E-state index in [1.54, 1.807) is 6.26 Å². The zero-order valence-corrected chi connectivity index (χ0v) is 8.23. The Labute approximate surface area is 83.0 Å². The van der Waals surface area contributed by atoms with Gasteiger partial charge in [-0.2, -0.15) is 0 Å². The second-order valence-electron chi connectivity index (χ2n) is 3.63. The van der Waals surface area contributed by atoms with Crippen LogP contribution in [0.3, 0.4) is 0 Å². The molecular weight excluding hydrogens is 180 g/mol. The van der Waals surface area contributed by atoms with E-state index < -0.39 is 0 Å².